The molecule has 1 N–H and O–H groups in total. The maximum atomic E-state index is 13.3. The number of thiophene rings is 1. The van der Waals surface area contributed by atoms with Crippen molar-refractivity contribution in [2.75, 3.05) is 38.2 Å². The van der Waals surface area contributed by atoms with Crippen LogP contribution in [0.25, 0.3) is 11.3 Å². The molecule has 1 saturated heterocycles. The molecule has 0 bridgehead atoms. The molecule has 8 nitrogen and oxygen atoms in total. The van der Waals surface area contributed by atoms with Crippen LogP contribution in [0.5, 0.6) is 0 Å². The zero-order chi connectivity index (χ0) is 24.3. The number of ether oxygens (including phenoxy) is 1. The highest BCUT2D eigenvalue weighted by molar-refractivity contribution is 7.16. The number of nitrogens with zero attached hydrogens (tertiary/aromatic N) is 4. The van der Waals surface area contributed by atoms with Crippen molar-refractivity contribution in [2.45, 2.75) is 33.9 Å². The largest absolute Gasteiger partial charge is 0.379 e. The molecule has 0 saturated carbocycles. The minimum Gasteiger partial charge on any atom is -0.379 e. The van der Waals surface area contributed by atoms with Gasteiger partial charge in [0, 0.05) is 48.7 Å². The zero-order valence-corrected chi connectivity index (χ0v) is 21.3. The highest BCUT2D eigenvalue weighted by Crippen LogP contribution is 2.26. The lowest BCUT2D eigenvalue weighted by molar-refractivity contribution is 0.0363. The van der Waals surface area contributed by atoms with Crippen LogP contribution >= 0.6 is 22.9 Å². The second-order valence-electron chi connectivity index (χ2n) is 9.32. The number of halogens is 1. The van der Waals surface area contributed by atoms with Gasteiger partial charge in [-0.2, -0.15) is 9.78 Å². The summed E-state index contributed by atoms with van der Waals surface area (Å²) in [4.78, 5) is 29.7. The van der Waals surface area contributed by atoms with E-state index in [-0.39, 0.29) is 11.5 Å². The van der Waals surface area contributed by atoms with Gasteiger partial charge in [0.05, 0.1) is 29.7 Å². The van der Waals surface area contributed by atoms with Crippen molar-refractivity contribution in [3.8, 4) is 11.3 Å². The monoisotopic (exact) mass is 503 g/mol. The number of rotatable bonds is 7. The number of anilines is 1. The number of carbonyl (C=O) groups is 1. The topological polar surface area (TPSA) is 81.4 Å². The van der Waals surface area contributed by atoms with E-state index in [1.807, 2.05) is 39.0 Å². The lowest BCUT2D eigenvalue weighted by Gasteiger charge is -2.26. The molecule has 10 heteroatoms. The lowest BCUT2D eigenvalue weighted by Crippen LogP contribution is -2.39. The van der Waals surface area contributed by atoms with E-state index in [1.165, 1.54) is 16.0 Å². The average Bonchev–Trinajstić information content (AvgIpc) is 3.42. The van der Waals surface area contributed by atoms with Crippen molar-refractivity contribution >= 4 is 34.7 Å². The molecule has 0 aromatic carbocycles. The van der Waals surface area contributed by atoms with E-state index in [9.17, 15) is 9.59 Å². The standard InChI is InChI=1S/C24H30ClN5O3S/c1-24(2,3)23(32)30-21(26-16-17-6-7-20(25)34-17)15-19(27-30)18-5-4-8-29(22(18)31)10-9-28-11-13-33-14-12-28/h4-8,15,26H,9-14,16H2,1-3H3. The fourth-order valence-electron chi connectivity index (χ4n) is 3.72. The van der Waals surface area contributed by atoms with Gasteiger partial charge in [-0.3, -0.25) is 14.5 Å². The van der Waals surface area contributed by atoms with Crippen LogP contribution < -0.4 is 10.9 Å². The number of pyridine rings is 1. The fourth-order valence-corrected chi connectivity index (χ4v) is 4.74. The SMILES string of the molecule is CC(C)(C)C(=O)n1nc(-c2cccn(CCN3CCOCC3)c2=O)cc1NCc1ccc(Cl)s1. The van der Waals surface area contributed by atoms with Gasteiger partial charge < -0.3 is 14.6 Å². The summed E-state index contributed by atoms with van der Waals surface area (Å²) < 4.78 is 9.18. The third kappa shape index (κ3) is 5.78. The molecule has 1 fully saturated rings. The molecule has 1 aliphatic rings. The van der Waals surface area contributed by atoms with Gasteiger partial charge in [0.2, 0.25) is 0 Å². The number of hydrogen-bond acceptors (Lipinski definition) is 7. The Labute approximate surface area is 208 Å². The van der Waals surface area contributed by atoms with Crippen LogP contribution in [0.15, 0.2) is 41.3 Å². The van der Waals surface area contributed by atoms with E-state index in [1.54, 1.807) is 22.9 Å². The van der Waals surface area contributed by atoms with Gasteiger partial charge in [-0.1, -0.05) is 32.4 Å². The fraction of sp³-hybridized carbons (Fsp3) is 0.458. The summed E-state index contributed by atoms with van der Waals surface area (Å²) in [7, 11) is 0. The number of morpholine rings is 1. The third-order valence-electron chi connectivity index (χ3n) is 5.67. The van der Waals surface area contributed by atoms with Crippen molar-refractivity contribution in [3.63, 3.8) is 0 Å². The molecule has 34 heavy (non-hydrogen) atoms. The summed E-state index contributed by atoms with van der Waals surface area (Å²) in [6, 6.07) is 9.15. The molecule has 182 valence electrons. The van der Waals surface area contributed by atoms with Crippen LogP contribution in [0.3, 0.4) is 0 Å². The van der Waals surface area contributed by atoms with Crippen molar-refractivity contribution < 1.29 is 9.53 Å². The van der Waals surface area contributed by atoms with Crippen LogP contribution in [-0.2, 0) is 17.8 Å². The van der Waals surface area contributed by atoms with E-state index in [2.05, 4.69) is 15.3 Å². The van der Waals surface area contributed by atoms with Crippen LogP contribution in [0.2, 0.25) is 4.34 Å². The number of carbonyl (C=O) groups excluding carboxylic acids is 1. The van der Waals surface area contributed by atoms with Crippen LogP contribution in [0, 0.1) is 5.41 Å². The quantitative estimate of drug-likeness (QED) is 0.523. The maximum Gasteiger partial charge on any atom is 0.260 e. The first kappa shape index (κ1) is 24.7. The number of nitrogens with one attached hydrogen (secondary N) is 1. The van der Waals surface area contributed by atoms with E-state index in [0.29, 0.717) is 34.5 Å². The first-order chi connectivity index (χ1) is 16.2. The molecule has 3 aromatic rings. The van der Waals surface area contributed by atoms with E-state index >= 15 is 0 Å². The molecular weight excluding hydrogens is 474 g/mol. The van der Waals surface area contributed by atoms with Crippen LogP contribution in [-0.4, -0.2) is 58.0 Å². The Bertz CT molecular complexity index is 1200. The Morgan fingerprint density at radius 2 is 1.97 bits per heavy atom. The van der Waals surface area contributed by atoms with Crippen molar-refractivity contribution in [2.24, 2.45) is 5.41 Å². The lowest BCUT2D eigenvalue weighted by atomic mass is 9.96. The second kappa shape index (κ2) is 10.4. The molecule has 0 amide bonds. The van der Waals surface area contributed by atoms with Crippen molar-refractivity contribution in [3.05, 3.63) is 56.1 Å². The molecule has 4 rings (SSSR count). The summed E-state index contributed by atoms with van der Waals surface area (Å²) in [5, 5.41) is 7.85. The minimum atomic E-state index is -0.638. The molecule has 3 aromatic heterocycles. The predicted octanol–water partition coefficient (Wildman–Crippen LogP) is 4.06. The normalized spacial score (nSPS) is 14.9. The molecule has 0 atom stereocenters. The second-order valence-corrected chi connectivity index (χ2v) is 11.1. The summed E-state index contributed by atoms with van der Waals surface area (Å²) in [5.41, 5.74) is 0.170. The third-order valence-corrected chi connectivity index (χ3v) is 6.90. The van der Waals surface area contributed by atoms with Gasteiger partial charge >= 0.3 is 0 Å². The molecule has 1 aliphatic heterocycles. The first-order valence-corrected chi connectivity index (χ1v) is 12.5. The predicted molar refractivity (Wildman–Crippen MR) is 136 cm³/mol. The zero-order valence-electron chi connectivity index (χ0n) is 19.7. The van der Waals surface area contributed by atoms with Gasteiger partial charge in [-0.15, -0.1) is 11.3 Å². The highest BCUT2D eigenvalue weighted by atomic mass is 35.5. The number of hydrogen-bond donors (Lipinski definition) is 1. The number of aromatic nitrogens is 3. The summed E-state index contributed by atoms with van der Waals surface area (Å²) in [6.45, 7) is 10.6. The Balaban J connectivity index is 1.60. The van der Waals surface area contributed by atoms with Crippen molar-refractivity contribution in [1.29, 1.82) is 0 Å². The Morgan fingerprint density at radius 3 is 2.65 bits per heavy atom. The van der Waals surface area contributed by atoms with Crippen molar-refractivity contribution in [1.82, 2.24) is 19.2 Å². The summed E-state index contributed by atoms with van der Waals surface area (Å²) in [5.74, 6) is 0.386. The van der Waals surface area contributed by atoms with E-state index in [4.69, 9.17) is 16.3 Å². The molecule has 0 unspecified atom stereocenters. The molecule has 0 radical (unpaired) electrons. The first-order valence-electron chi connectivity index (χ1n) is 11.4. The van der Waals surface area contributed by atoms with Gasteiger partial charge in [0.25, 0.3) is 11.5 Å². The highest BCUT2D eigenvalue weighted by Gasteiger charge is 2.27. The average molecular weight is 504 g/mol. The summed E-state index contributed by atoms with van der Waals surface area (Å²) >= 11 is 7.52. The molecule has 0 spiro atoms. The molecular formula is C24H30ClN5O3S. The van der Waals surface area contributed by atoms with E-state index in [0.717, 1.165) is 37.7 Å². The Morgan fingerprint density at radius 1 is 1.21 bits per heavy atom. The Kier molecular flexibility index (Phi) is 7.57. The van der Waals surface area contributed by atoms with Gasteiger partial charge in [-0.05, 0) is 24.3 Å². The van der Waals surface area contributed by atoms with Crippen LogP contribution in [0.1, 0.15) is 30.4 Å². The molecule has 4 heterocycles. The minimum absolute atomic E-state index is 0.125. The molecule has 0 aliphatic carbocycles. The van der Waals surface area contributed by atoms with Gasteiger partial charge in [0.15, 0.2) is 0 Å². The van der Waals surface area contributed by atoms with Gasteiger partial charge in [0.1, 0.15) is 11.5 Å². The Hall–Kier alpha value is -2.46. The van der Waals surface area contributed by atoms with Crippen LogP contribution in [0.4, 0.5) is 5.82 Å². The smallest absolute Gasteiger partial charge is 0.260 e. The summed E-state index contributed by atoms with van der Waals surface area (Å²) in [6.07, 6.45) is 1.79. The van der Waals surface area contributed by atoms with E-state index < -0.39 is 5.41 Å². The maximum absolute atomic E-state index is 13.3. The van der Waals surface area contributed by atoms with Gasteiger partial charge in [-0.25, -0.2) is 0 Å².